The topological polar surface area (TPSA) is 9.23 Å². The van der Waals surface area contributed by atoms with Crippen LogP contribution in [0.3, 0.4) is 0 Å². The van der Waals surface area contributed by atoms with Crippen molar-refractivity contribution in [1.29, 1.82) is 0 Å². The van der Waals surface area contributed by atoms with Crippen LogP contribution in [0.1, 0.15) is 26.2 Å². The zero-order chi connectivity index (χ0) is 9.36. The Balaban J connectivity index is 2.07. The molecular weight excluding hydrogens is 180 g/mol. The second kappa shape index (κ2) is 6.98. The van der Waals surface area contributed by atoms with E-state index in [4.69, 9.17) is 4.18 Å². The molecule has 0 fully saturated rings. The molecule has 13 heavy (non-hydrogen) atoms. The fourth-order valence-electron chi connectivity index (χ4n) is 0.997. The van der Waals surface area contributed by atoms with Gasteiger partial charge in [0.2, 0.25) is 0 Å². The molecule has 0 radical (unpaired) electrons. The fourth-order valence-corrected chi connectivity index (χ4v) is 1.60. The summed E-state index contributed by atoms with van der Waals surface area (Å²) in [5.41, 5.74) is 0. The van der Waals surface area contributed by atoms with E-state index >= 15 is 0 Å². The summed E-state index contributed by atoms with van der Waals surface area (Å²) in [7, 11) is 0. The monoisotopic (exact) mass is 196 g/mol. The molecule has 0 bridgehead atoms. The first-order valence-electron chi connectivity index (χ1n) is 4.78. The Morgan fingerprint density at radius 2 is 1.92 bits per heavy atom. The zero-order valence-electron chi connectivity index (χ0n) is 8.03. The molecule has 1 nitrogen and oxygen atoms in total. The van der Waals surface area contributed by atoms with Crippen molar-refractivity contribution < 1.29 is 4.18 Å². The van der Waals surface area contributed by atoms with Gasteiger partial charge in [0.05, 0.1) is 6.61 Å². The SMILES string of the molecule is CCCCCOSc1ccccc1. The Morgan fingerprint density at radius 1 is 1.15 bits per heavy atom. The molecule has 0 unspecified atom stereocenters. The first kappa shape index (κ1) is 10.6. The minimum atomic E-state index is 0.855. The van der Waals surface area contributed by atoms with Crippen LogP contribution in [0, 0.1) is 0 Å². The Bertz CT molecular complexity index is 211. The van der Waals surface area contributed by atoms with Crippen molar-refractivity contribution in [2.24, 2.45) is 0 Å². The second-order valence-electron chi connectivity index (χ2n) is 2.93. The van der Waals surface area contributed by atoms with E-state index < -0.39 is 0 Å². The minimum absolute atomic E-state index is 0.855. The lowest BCUT2D eigenvalue weighted by atomic mass is 10.3. The average Bonchev–Trinajstić information content (AvgIpc) is 2.19. The molecule has 1 aromatic carbocycles. The summed E-state index contributed by atoms with van der Waals surface area (Å²) in [5.74, 6) is 0. The van der Waals surface area contributed by atoms with Crippen molar-refractivity contribution in [3.8, 4) is 0 Å². The molecule has 1 aromatic rings. The maximum atomic E-state index is 5.44. The highest BCUT2D eigenvalue weighted by Gasteiger charge is 1.92. The molecule has 0 N–H and O–H groups in total. The molecule has 0 atom stereocenters. The van der Waals surface area contributed by atoms with E-state index in [9.17, 15) is 0 Å². The highest BCUT2D eigenvalue weighted by Crippen LogP contribution is 2.18. The van der Waals surface area contributed by atoms with Gasteiger partial charge < -0.3 is 4.18 Å². The number of hydrogen-bond acceptors (Lipinski definition) is 2. The van der Waals surface area contributed by atoms with Gasteiger partial charge in [-0.15, -0.1) is 0 Å². The molecule has 0 saturated carbocycles. The quantitative estimate of drug-likeness (QED) is 0.504. The summed E-state index contributed by atoms with van der Waals surface area (Å²) in [6.45, 7) is 3.05. The third-order valence-corrected chi connectivity index (χ3v) is 2.48. The molecular formula is C11H16OS. The summed E-state index contributed by atoms with van der Waals surface area (Å²) in [4.78, 5) is 1.18. The van der Waals surface area contributed by atoms with E-state index in [2.05, 4.69) is 19.1 Å². The van der Waals surface area contributed by atoms with Gasteiger partial charge in [-0.25, -0.2) is 0 Å². The molecule has 0 amide bonds. The van der Waals surface area contributed by atoms with Gasteiger partial charge in [-0.2, -0.15) is 0 Å². The highest BCUT2D eigenvalue weighted by molar-refractivity contribution is 7.94. The number of unbranched alkanes of at least 4 members (excludes halogenated alkanes) is 2. The third-order valence-electron chi connectivity index (χ3n) is 1.73. The molecule has 0 aliphatic heterocycles. The molecule has 72 valence electrons. The van der Waals surface area contributed by atoms with Crippen molar-refractivity contribution in [1.82, 2.24) is 0 Å². The minimum Gasteiger partial charge on any atom is -0.310 e. The smallest absolute Gasteiger partial charge is 0.0618 e. The fraction of sp³-hybridized carbons (Fsp3) is 0.455. The van der Waals surface area contributed by atoms with Gasteiger partial charge in [0.25, 0.3) is 0 Å². The summed E-state index contributed by atoms with van der Waals surface area (Å²) in [6, 6.07) is 10.2. The standard InChI is InChI=1S/C11H16OS/c1-2-3-7-10-12-13-11-8-5-4-6-9-11/h4-6,8-9H,2-3,7,10H2,1H3. The van der Waals surface area contributed by atoms with Gasteiger partial charge in [-0.05, 0) is 18.6 Å². The Morgan fingerprint density at radius 3 is 2.62 bits per heavy atom. The van der Waals surface area contributed by atoms with Crippen molar-refractivity contribution in [2.75, 3.05) is 6.61 Å². The van der Waals surface area contributed by atoms with Crippen LogP contribution in [0.5, 0.6) is 0 Å². The Kier molecular flexibility index (Phi) is 5.70. The average molecular weight is 196 g/mol. The van der Waals surface area contributed by atoms with Crippen molar-refractivity contribution >= 4 is 12.0 Å². The van der Waals surface area contributed by atoms with Gasteiger partial charge in [-0.3, -0.25) is 0 Å². The third kappa shape index (κ3) is 4.96. The van der Waals surface area contributed by atoms with Crippen LogP contribution in [0.15, 0.2) is 35.2 Å². The summed E-state index contributed by atoms with van der Waals surface area (Å²) < 4.78 is 5.44. The summed E-state index contributed by atoms with van der Waals surface area (Å²) >= 11 is 1.47. The predicted molar refractivity (Wildman–Crippen MR) is 57.8 cm³/mol. The van der Waals surface area contributed by atoms with Crippen LogP contribution in [-0.2, 0) is 4.18 Å². The predicted octanol–water partition coefficient (Wildman–Crippen LogP) is 3.90. The molecule has 0 heterocycles. The maximum absolute atomic E-state index is 5.44. The molecule has 0 aromatic heterocycles. The lowest BCUT2D eigenvalue weighted by Crippen LogP contribution is -1.85. The molecule has 0 spiro atoms. The molecule has 0 aliphatic rings. The number of hydrogen-bond donors (Lipinski definition) is 0. The second-order valence-corrected chi connectivity index (χ2v) is 3.80. The van der Waals surface area contributed by atoms with E-state index in [0.29, 0.717) is 0 Å². The van der Waals surface area contributed by atoms with E-state index in [1.54, 1.807) is 0 Å². The van der Waals surface area contributed by atoms with Gasteiger partial charge in [-0.1, -0.05) is 38.0 Å². The Hall–Kier alpha value is -0.470. The largest absolute Gasteiger partial charge is 0.310 e. The van der Waals surface area contributed by atoms with Crippen molar-refractivity contribution in [2.45, 2.75) is 31.1 Å². The number of benzene rings is 1. The van der Waals surface area contributed by atoms with E-state index in [0.717, 1.165) is 13.0 Å². The molecule has 0 saturated heterocycles. The molecule has 0 aliphatic carbocycles. The van der Waals surface area contributed by atoms with Gasteiger partial charge >= 0.3 is 0 Å². The van der Waals surface area contributed by atoms with Crippen LogP contribution in [-0.4, -0.2) is 6.61 Å². The van der Waals surface area contributed by atoms with Gasteiger partial charge in [0, 0.05) is 16.9 Å². The van der Waals surface area contributed by atoms with E-state index in [1.165, 1.54) is 29.8 Å². The number of rotatable bonds is 6. The van der Waals surface area contributed by atoms with Gasteiger partial charge in [0.1, 0.15) is 0 Å². The first-order chi connectivity index (χ1) is 6.43. The van der Waals surface area contributed by atoms with Crippen LogP contribution < -0.4 is 0 Å². The molecule has 2 heteroatoms. The van der Waals surface area contributed by atoms with Crippen molar-refractivity contribution in [3.05, 3.63) is 30.3 Å². The van der Waals surface area contributed by atoms with Crippen LogP contribution in [0.4, 0.5) is 0 Å². The van der Waals surface area contributed by atoms with E-state index in [1.807, 2.05) is 18.2 Å². The van der Waals surface area contributed by atoms with Crippen LogP contribution in [0.25, 0.3) is 0 Å². The van der Waals surface area contributed by atoms with Crippen LogP contribution in [0.2, 0.25) is 0 Å². The lowest BCUT2D eigenvalue weighted by Gasteiger charge is -2.01. The van der Waals surface area contributed by atoms with E-state index in [-0.39, 0.29) is 0 Å². The zero-order valence-corrected chi connectivity index (χ0v) is 8.85. The van der Waals surface area contributed by atoms with Crippen molar-refractivity contribution in [3.63, 3.8) is 0 Å². The lowest BCUT2D eigenvalue weighted by molar-refractivity contribution is 0.358. The highest BCUT2D eigenvalue weighted by atomic mass is 32.2. The summed E-state index contributed by atoms with van der Waals surface area (Å²) in [5, 5.41) is 0. The normalized spacial score (nSPS) is 10.2. The summed E-state index contributed by atoms with van der Waals surface area (Å²) in [6.07, 6.45) is 3.67. The van der Waals surface area contributed by atoms with Gasteiger partial charge in [0.15, 0.2) is 0 Å². The first-order valence-corrected chi connectivity index (χ1v) is 5.52. The maximum Gasteiger partial charge on any atom is 0.0618 e. The Labute approximate surface area is 84.7 Å². The van der Waals surface area contributed by atoms with Crippen LogP contribution >= 0.6 is 12.0 Å². The molecule has 1 rings (SSSR count).